The highest BCUT2D eigenvalue weighted by Gasteiger charge is 2.08. The zero-order valence-electron chi connectivity index (χ0n) is 6.84. The molecule has 0 aliphatic rings. The SMILES string of the molecule is Cl.NC[C@@H](N)c1cc(F)ccc1Cl. The molecule has 0 radical (unpaired) electrons. The van der Waals surface area contributed by atoms with Crippen LogP contribution < -0.4 is 11.5 Å². The van der Waals surface area contributed by atoms with Crippen molar-refractivity contribution < 1.29 is 4.39 Å². The maximum atomic E-state index is 12.7. The first-order valence-corrected chi connectivity index (χ1v) is 3.93. The Balaban J connectivity index is 0.00000144. The first kappa shape index (κ1) is 12.7. The Hall–Kier alpha value is -0.350. The van der Waals surface area contributed by atoms with Crippen LogP contribution in [-0.2, 0) is 0 Å². The van der Waals surface area contributed by atoms with Gasteiger partial charge < -0.3 is 11.5 Å². The predicted octanol–water partition coefficient (Wildman–Crippen LogP) is 1.86. The minimum atomic E-state index is -0.395. The molecule has 0 aliphatic heterocycles. The van der Waals surface area contributed by atoms with Crippen LogP contribution in [0.4, 0.5) is 4.39 Å². The fourth-order valence-corrected chi connectivity index (χ4v) is 1.18. The van der Waals surface area contributed by atoms with Crippen LogP contribution in [0.1, 0.15) is 11.6 Å². The summed E-state index contributed by atoms with van der Waals surface area (Å²) in [7, 11) is 0. The van der Waals surface area contributed by atoms with Gasteiger partial charge in [-0.2, -0.15) is 0 Å². The third kappa shape index (κ3) is 3.12. The van der Waals surface area contributed by atoms with Gasteiger partial charge in [-0.05, 0) is 23.8 Å². The Kier molecular flexibility index (Phi) is 5.25. The smallest absolute Gasteiger partial charge is 0.123 e. The van der Waals surface area contributed by atoms with Gasteiger partial charge in [-0.15, -0.1) is 12.4 Å². The lowest BCUT2D eigenvalue weighted by atomic mass is 10.1. The molecule has 0 bridgehead atoms. The molecule has 0 spiro atoms. The van der Waals surface area contributed by atoms with E-state index in [0.29, 0.717) is 10.6 Å². The first-order valence-electron chi connectivity index (χ1n) is 3.55. The van der Waals surface area contributed by atoms with Gasteiger partial charge in [0.1, 0.15) is 5.82 Å². The van der Waals surface area contributed by atoms with Crippen LogP contribution in [-0.4, -0.2) is 6.54 Å². The fourth-order valence-electron chi connectivity index (χ4n) is 0.926. The van der Waals surface area contributed by atoms with Gasteiger partial charge in [0.2, 0.25) is 0 Å². The molecule has 0 aliphatic carbocycles. The molecule has 0 saturated carbocycles. The topological polar surface area (TPSA) is 52.0 Å². The van der Waals surface area contributed by atoms with Crippen LogP contribution in [0, 0.1) is 5.82 Å². The average molecular weight is 225 g/mol. The van der Waals surface area contributed by atoms with Crippen LogP contribution in [0.15, 0.2) is 18.2 Å². The molecular weight excluding hydrogens is 214 g/mol. The number of rotatable bonds is 2. The lowest BCUT2D eigenvalue weighted by molar-refractivity contribution is 0.620. The van der Waals surface area contributed by atoms with E-state index in [1.165, 1.54) is 18.2 Å². The van der Waals surface area contributed by atoms with Crippen LogP contribution in [0.25, 0.3) is 0 Å². The molecule has 0 fully saturated rings. The molecule has 2 nitrogen and oxygen atoms in total. The van der Waals surface area contributed by atoms with Crippen molar-refractivity contribution in [3.8, 4) is 0 Å². The van der Waals surface area contributed by atoms with Crippen LogP contribution in [0.2, 0.25) is 5.02 Å². The summed E-state index contributed by atoms with van der Waals surface area (Å²) in [4.78, 5) is 0. The van der Waals surface area contributed by atoms with E-state index in [9.17, 15) is 4.39 Å². The van der Waals surface area contributed by atoms with Crippen molar-refractivity contribution in [3.63, 3.8) is 0 Å². The van der Waals surface area contributed by atoms with Gasteiger partial charge >= 0.3 is 0 Å². The standard InChI is InChI=1S/C8H10ClFN2.ClH/c9-7-2-1-5(10)3-6(7)8(12)4-11;/h1-3,8H,4,11-12H2;1H/t8-;/m1./s1. The molecule has 0 aromatic heterocycles. The Morgan fingerprint density at radius 2 is 2.08 bits per heavy atom. The third-order valence-corrected chi connectivity index (χ3v) is 1.96. The zero-order chi connectivity index (χ0) is 9.14. The van der Waals surface area contributed by atoms with Gasteiger partial charge in [-0.25, -0.2) is 4.39 Å². The third-order valence-electron chi connectivity index (χ3n) is 1.61. The van der Waals surface area contributed by atoms with Gasteiger partial charge in [0.15, 0.2) is 0 Å². The van der Waals surface area contributed by atoms with Crippen molar-refractivity contribution in [2.75, 3.05) is 6.54 Å². The number of hydrogen-bond acceptors (Lipinski definition) is 2. The van der Waals surface area contributed by atoms with Gasteiger partial charge in [0.05, 0.1) is 0 Å². The van der Waals surface area contributed by atoms with Crippen molar-refractivity contribution in [1.29, 1.82) is 0 Å². The van der Waals surface area contributed by atoms with Crippen LogP contribution in [0.3, 0.4) is 0 Å². The van der Waals surface area contributed by atoms with Crippen LogP contribution in [0.5, 0.6) is 0 Å². The Morgan fingerprint density at radius 3 is 2.62 bits per heavy atom. The van der Waals surface area contributed by atoms with Gasteiger partial charge in [-0.1, -0.05) is 11.6 Å². The molecule has 1 atom stereocenters. The summed E-state index contributed by atoms with van der Waals surface area (Å²) in [6, 6.07) is 3.67. The second kappa shape index (κ2) is 5.40. The molecule has 0 saturated heterocycles. The Labute approximate surface area is 87.5 Å². The predicted molar refractivity (Wildman–Crippen MR) is 54.6 cm³/mol. The van der Waals surface area contributed by atoms with E-state index in [2.05, 4.69) is 0 Å². The quantitative estimate of drug-likeness (QED) is 0.807. The van der Waals surface area contributed by atoms with Gasteiger partial charge in [0, 0.05) is 17.6 Å². The minimum absolute atomic E-state index is 0. The second-order valence-electron chi connectivity index (χ2n) is 2.51. The fraction of sp³-hybridized carbons (Fsp3) is 0.250. The molecule has 74 valence electrons. The van der Waals surface area contributed by atoms with Gasteiger partial charge in [0.25, 0.3) is 0 Å². The highest BCUT2D eigenvalue weighted by Crippen LogP contribution is 2.21. The summed E-state index contributed by atoms with van der Waals surface area (Å²) in [6.45, 7) is 0.253. The molecule has 0 amide bonds. The molecule has 1 aromatic rings. The maximum Gasteiger partial charge on any atom is 0.123 e. The van der Waals surface area contributed by atoms with Gasteiger partial charge in [-0.3, -0.25) is 0 Å². The monoisotopic (exact) mass is 224 g/mol. The summed E-state index contributed by atoms with van der Waals surface area (Å²) in [5.74, 6) is -0.349. The number of halogens is 3. The number of nitrogens with two attached hydrogens (primary N) is 2. The number of benzene rings is 1. The summed E-state index contributed by atoms with van der Waals surface area (Å²) in [5, 5.41) is 0.453. The minimum Gasteiger partial charge on any atom is -0.329 e. The normalized spacial score (nSPS) is 12.0. The second-order valence-corrected chi connectivity index (χ2v) is 2.92. The molecule has 0 unspecified atom stereocenters. The van der Waals surface area contributed by atoms with E-state index in [1.54, 1.807) is 0 Å². The number of hydrogen-bond donors (Lipinski definition) is 2. The molecule has 0 heterocycles. The maximum absolute atomic E-state index is 12.7. The highest BCUT2D eigenvalue weighted by atomic mass is 35.5. The molecular formula is C8H11Cl2FN2. The average Bonchev–Trinajstić information content (AvgIpc) is 2.08. The Morgan fingerprint density at radius 1 is 1.46 bits per heavy atom. The van der Waals surface area contributed by atoms with E-state index >= 15 is 0 Å². The van der Waals surface area contributed by atoms with E-state index in [4.69, 9.17) is 23.1 Å². The lowest BCUT2D eigenvalue weighted by Gasteiger charge is -2.10. The van der Waals surface area contributed by atoms with E-state index in [-0.39, 0.29) is 24.8 Å². The summed E-state index contributed by atoms with van der Waals surface area (Å²) in [6.07, 6.45) is 0. The van der Waals surface area contributed by atoms with Crippen LogP contribution >= 0.6 is 24.0 Å². The van der Waals surface area contributed by atoms with E-state index in [1.807, 2.05) is 0 Å². The molecule has 4 N–H and O–H groups in total. The zero-order valence-corrected chi connectivity index (χ0v) is 8.41. The Bertz CT molecular complexity index is 281. The summed E-state index contributed by atoms with van der Waals surface area (Å²) >= 11 is 5.77. The largest absolute Gasteiger partial charge is 0.329 e. The van der Waals surface area contributed by atoms with Crippen molar-refractivity contribution in [2.45, 2.75) is 6.04 Å². The van der Waals surface area contributed by atoms with Crippen molar-refractivity contribution in [1.82, 2.24) is 0 Å². The first-order chi connectivity index (χ1) is 5.65. The highest BCUT2D eigenvalue weighted by molar-refractivity contribution is 6.31. The lowest BCUT2D eigenvalue weighted by Crippen LogP contribution is -2.21. The van der Waals surface area contributed by atoms with Crippen molar-refractivity contribution >= 4 is 24.0 Å². The molecule has 13 heavy (non-hydrogen) atoms. The van der Waals surface area contributed by atoms with Crippen molar-refractivity contribution in [3.05, 3.63) is 34.6 Å². The molecule has 1 rings (SSSR count). The summed E-state index contributed by atoms with van der Waals surface area (Å²) < 4.78 is 12.7. The summed E-state index contributed by atoms with van der Waals surface area (Å²) in [5.41, 5.74) is 11.5. The van der Waals surface area contributed by atoms with Crippen molar-refractivity contribution in [2.24, 2.45) is 11.5 Å². The van der Waals surface area contributed by atoms with E-state index in [0.717, 1.165) is 0 Å². The molecule has 5 heteroatoms. The molecule has 1 aromatic carbocycles. The van der Waals surface area contributed by atoms with E-state index < -0.39 is 6.04 Å².